The number of para-hydroxylation sites is 1. The second kappa shape index (κ2) is 12.6. The molecule has 1 heterocycles. The number of ether oxygens (including phenoxy) is 2. The number of pyridine rings is 1. The van der Waals surface area contributed by atoms with Crippen LogP contribution in [0.3, 0.4) is 0 Å². The fraction of sp³-hybridized carbons (Fsp3) is 0.231. The summed E-state index contributed by atoms with van der Waals surface area (Å²) in [5.41, 5.74) is 0.945. The molecule has 0 bridgehead atoms. The molecule has 0 saturated heterocycles. The molecule has 0 unspecified atom stereocenters. The quantitative estimate of drug-likeness (QED) is 0.356. The summed E-state index contributed by atoms with van der Waals surface area (Å²) in [6.45, 7) is 0.601. The van der Waals surface area contributed by atoms with Gasteiger partial charge in [0.2, 0.25) is 11.8 Å². The maximum absolute atomic E-state index is 12.3. The van der Waals surface area contributed by atoms with Crippen LogP contribution in [-0.4, -0.2) is 28.6 Å². The van der Waals surface area contributed by atoms with Crippen molar-refractivity contribution in [3.05, 3.63) is 78.0 Å². The standard InChI is InChI=1S/C26H25N3O5/c27-15-5-1-2-6-16-33-20-10-12-21(13-11-20)34-25-14-9-19(18-28-25)17-24(30)29-23-8-4-3-7-22(23)26(31)32/h3-4,7-14,18H,1-2,5-6,16-17H2,(H,29,30)(H,31,32). The molecule has 0 aliphatic rings. The number of hydrogen-bond donors (Lipinski definition) is 2. The Labute approximate surface area is 197 Å². The predicted molar refractivity (Wildman–Crippen MR) is 126 cm³/mol. The van der Waals surface area contributed by atoms with Gasteiger partial charge in [0.25, 0.3) is 0 Å². The Kier molecular flexibility index (Phi) is 9.00. The molecular formula is C26H25N3O5. The Hall–Kier alpha value is -4.38. The number of benzene rings is 2. The largest absolute Gasteiger partial charge is 0.494 e. The van der Waals surface area contributed by atoms with Crippen LogP contribution in [0.25, 0.3) is 0 Å². The highest BCUT2D eigenvalue weighted by molar-refractivity contribution is 6.00. The first kappa shape index (κ1) is 24.3. The van der Waals surface area contributed by atoms with Gasteiger partial charge in [-0.15, -0.1) is 0 Å². The molecular weight excluding hydrogens is 434 g/mol. The van der Waals surface area contributed by atoms with Crippen molar-refractivity contribution in [3.63, 3.8) is 0 Å². The number of hydrogen-bond acceptors (Lipinski definition) is 6. The lowest BCUT2D eigenvalue weighted by Gasteiger charge is -2.09. The number of carbonyl (C=O) groups is 2. The lowest BCUT2D eigenvalue weighted by atomic mass is 10.1. The van der Waals surface area contributed by atoms with Crippen LogP contribution in [0.5, 0.6) is 17.4 Å². The minimum Gasteiger partial charge on any atom is -0.494 e. The van der Waals surface area contributed by atoms with Crippen LogP contribution in [-0.2, 0) is 11.2 Å². The summed E-state index contributed by atoms with van der Waals surface area (Å²) in [5.74, 6) is 0.276. The van der Waals surface area contributed by atoms with E-state index in [-0.39, 0.29) is 23.6 Å². The third-order valence-electron chi connectivity index (χ3n) is 4.84. The summed E-state index contributed by atoms with van der Waals surface area (Å²) >= 11 is 0. The Morgan fingerprint density at radius 3 is 2.44 bits per heavy atom. The van der Waals surface area contributed by atoms with Gasteiger partial charge in [-0.3, -0.25) is 4.79 Å². The Morgan fingerprint density at radius 1 is 0.971 bits per heavy atom. The van der Waals surface area contributed by atoms with Gasteiger partial charge in [0.1, 0.15) is 11.5 Å². The maximum Gasteiger partial charge on any atom is 0.337 e. The highest BCUT2D eigenvalue weighted by atomic mass is 16.5. The molecule has 2 aromatic carbocycles. The summed E-state index contributed by atoms with van der Waals surface area (Å²) in [4.78, 5) is 27.8. The lowest BCUT2D eigenvalue weighted by Crippen LogP contribution is -2.16. The van der Waals surface area contributed by atoms with Crippen molar-refractivity contribution < 1.29 is 24.2 Å². The fourth-order valence-corrected chi connectivity index (χ4v) is 3.13. The topological polar surface area (TPSA) is 122 Å². The number of nitrogens with one attached hydrogen (secondary N) is 1. The number of amides is 1. The predicted octanol–water partition coefficient (Wildman–Crippen LogP) is 5.22. The number of aromatic carboxylic acids is 1. The first-order chi connectivity index (χ1) is 16.5. The zero-order valence-corrected chi connectivity index (χ0v) is 18.6. The van der Waals surface area contributed by atoms with E-state index >= 15 is 0 Å². The SMILES string of the molecule is N#CCCCCCOc1ccc(Oc2ccc(CC(=O)Nc3ccccc3C(=O)O)cn2)cc1. The van der Waals surface area contributed by atoms with Crippen LogP contribution in [0, 0.1) is 11.3 Å². The van der Waals surface area contributed by atoms with Gasteiger partial charge in [0.05, 0.1) is 30.3 Å². The number of carboxylic acids is 1. The second-order valence-corrected chi connectivity index (χ2v) is 7.47. The Morgan fingerprint density at radius 2 is 1.74 bits per heavy atom. The molecule has 34 heavy (non-hydrogen) atoms. The fourth-order valence-electron chi connectivity index (χ4n) is 3.13. The first-order valence-electron chi connectivity index (χ1n) is 10.9. The third kappa shape index (κ3) is 7.64. The number of rotatable bonds is 12. The Bertz CT molecular complexity index is 1140. The summed E-state index contributed by atoms with van der Waals surface area (Å²) in [6, 6.07) is 19.0. The van der Waals surface area contributed by atoms with Gasteiger partial charge in [-0.1, -0.05) is 18.2 Å². The zero-order valence-electron chi connectivity index (χ0n) is 18.6. The van der Waals surface area contributed by atoms with E-state index in [9.17, 15) is 14.7 Å². The summed E-state index contributed by atoms with van der Waals surface area (Å²) in [7, 11) is 0. The van der Waals surface area contributed by atoms with E-state index in [0.29, 0.717) is 30.2 Å². The van der Waals surface area contributed by atoms with Crippen molar-refractivity contribution >= 4 is 17.6 Å². The summed E-state index contributed by atoms with van der Waals surface area (Å²) < 4.78 is 11.4. The molecule has 0 aliphatic carbocycles. The van der Waals surface area contributed by atoms with Crippen molar-refractivity contribution in [2.45, 2.75) is 32.1 Å². The van der Waals surface area contributed by atoms with Crippen LogP contribution in [0.15, 0.2) is 66.9 Å². The van der Waals surface area contributed by atoms with Crippen LogP contribution in [0.1, 0.15) is 41.6 Å². The number of carbonyl (C=O) groups excluding carboxylic acids is 1. The number of unbranched alkanes of at least 4 members (excludes halogenated alkanes) is 3. The molecule has 3 aromatic rings. The van der Waals surface area contributed by atoms with E-state index in [0.717, 1.165) is 25.0 Å². The molecule has 8 heteroatoms. The minimum atomic E-state index is -1.11. The van der Waals surface area contributed by atoms with E-state index in [1.807, 2.05) is 12.1 Å². The normalized spacial score (nSPS) is 10.2. The van der Waals surface area contributed by atoms with Crippen LogP contribution in [0.4, 0.5) is 5.69 Å². The molecule has 0 radical (unpaired) electrons. The average Bonchev–Trinajstić information content (AvgIpc) is 2.84. The minimum absolute atomic E-state index is 0.0322. The van der Waals surface area contributed by atoms with Crippen molar-refractivity contribution in [2.75, 3.05) is 11.9 Å². The number of anilines is 1. The van der Waals surface area contributed by atoms with E-state index in [4.69, 9.17) is 14.7 Å². The Balaban J connectivity index is 1.47. The lowest BCUT2D eigenvalue weighted by molar-refractivity contribution is -0.115. The van der Waals surface area contributed by atoms with Crippen molar-refractivity contribution in [1.29, 1.82) is 5.26 Å². The highest BCUT2D eigenvalue weighted by Crippen LogP contribution is 2.23. The molecule has 0 spiro atoms. The average molecular weight is 460 g/mol. The van der Waals surface area contributed by atoms with Gasteiger partial charge in [-0.2, -0.15) is 5.26 Å². The molecule has 8 nitrogen and oxygen atoms in total. The molecule has 0 fully saturated rings. The van der Waals surface area contributed by atoms with Crippen LogP contribution in [0.2, 0.25) is 0 Å². The third-order valence-corrected chi connectivity index (χ3v) is 4.84. The van der Waals surface area contributed by atoms with E-state index in [2.05, 4.69) is 16.4 Å². The van der Waals surface area contributed by atoms with Crippen LogP contribution >= 0.6 is 0 Å². The van der Waals surface area contributed by atoms with E-state index in [1.165, 1.54) is 6.07 Å². The van der Waals surface area contributed by atoms with Gasteiger partial charge in [-0.25, -0.2) is 9.78 Å². The molecule has 0 saturated carbocycles. The van der Waals surface area contributed by atoms with Crippen molar-refractivity contribution in [1.82, 2.24) is 4.98 Å². The second-order valence-electron chi connectivity index (χ2n) is 7.47. The van der Waals surface area contributed by atoms with Gasteiger partial charge in [0, 0.05) is 18.7 Å². The number of aromatic nitrogens is 1. The smallest absolute Gasteiger partial charge is 0.337 e. The molecule has 3 rings (SSSR count). The first-order valence-corrected chi connectivity index (χ1v) is 10.9. The molecule has 0 aliphatic heterocycles. The monoisotopic (exact) mass is 459 g/mol. The van der Waals surface area contributed by atoms with Gasteiger partial charge in [-0.05, 0) is 61.2 Å². The van der Waals surface area contributed by atoms with Crippen LogP contribution < -0.4 is 14.8 Å². The number of nitrogens with zero attached hydrogens (tertiary/aromatic N) is 2. The van der Waals surface area contributed by atoms with Gasteiger partial charge in [0.15, 0.2) is 0 Å². The number of nitriles is 1. The summed E-state index contributed by atoms with van der Waals surface area (Å²) in [5, 5.41) is 20.4. The van der Waals surface area contributed by atoms with Gasteiger partial charge >= 0.3 is 5.97 Å². The van der Waals surface area contributed by atoms with E-state index in [1.54, 1.807) is 48.7 Å². The summed E-state index contributed by atoms with van der Waals surface area (Å²) in [6.07, 6.45) is 4.93. The molecule has 0 atom stereocenters. The van der Waals surface area contributed by atoms with E-state index < -0.39 is 5.97 Å². The molecule has 1 amide bonds. The molecule has 2 N–H and O–H groups in total. The highest BCUT2D eigenvalue weighted by Gasteiger charge is 2.12. The van der Waals surface area contributed by atoms with Crippen molar-refractivity contribution in [3.8, 4) is 23.4 Å². The number of carboxylic acid groups (broad SMARTS) is 1. The van der Waals surface area contributed by atoms with Gasteiger partial charge < -0.3 is 19.9 Å². The molecule has 1 aromatic heterocycles. The zero-order chi connectivity index (χ0) is 24.2. The maximum atomic E-state index is 12.3. The van der Waals surface area contributed by atoms with Crippen molar-refractivity contribution in [2.24, 2.45) is 0 Å². The molecule has 174 valence electrons.